The highest BCUT2D eigenvalue weighted by Gasteiger charge is 2.22. The molecule has 5 rings (SSSR count). The van der Waals surface area contributed by atoms with Crippen molar-refractivity contribution >= 4 is 17.3 Å². The van der Waals surface area contributed by atoms with Gasteiger partial charge in [-0.2, -0.15) is 0 Å². The van der Waals surface area contributed by atoms with Gasteiger partial charge in [-0.05, 0) is 77.2 Å². The molecule has 5 aromatic rings. The largest absolute Gasteiger partial charge is 0.497 e. The molecule has 2 aromatic heterocycles. The van der Waals surface area contributed by atoms with Crippen LogP contribution >= 0.6 is 11.3 Å². The minimum atomic E-state index is -0.864. The Hall–Kier alpha value is -4.36. The molecule has 0 radical (unpaired) electrons. The van der Waals surface area contributed by atoms with Crippen LogP contribution in [0.15, 0.2) is 85.1 Å². The average Bonchev–Trinajstić information content (AvgIpc) is 3.53. The number of H-pyrrole nitrogens is 1. The second kappa shape index (κ2) is 10.7. The van der Waals surface area contributed by atoms with E-state index >= 15 is 0 Å². The summed E-state index contributed by atoms with van der Waals surface area (Å²) in [5, 5.41) is 10.3. The maximum absolute atomic E-state index is 11.6. The van der Waals surface area contributed by atoms with E-state index < -0.39 is 5.97 Å². The van der Waals surface area contributed by atoms with Gasteiger partial charge in [0.1, 0.15) is 16.5 Å². The highest BCUT2D eigenvalue weighted by atomic mass is 32.1. The molecule has 2 heterocycles. The third kappa shape index (κ3) is 5.27. The number of methoxy groups -OCH3 is 2. The zero-order valence-electron chi connectivity index (χ0n) is 20.5. The lowest BCUT2D eigenvalue weighted by molar-refractivity contribution is -0.136. The van der Waals surface area contributed by atoms with Crippen LogP contribution in [0.3, 0.4) is 0 Å². The SMILES string of the molecule is COc1ccc(-c2nc(-c3[nH]cc(CC(=O)O)c3Cc3ccccc3)sc2-c2ccc(OC)cc2)cc1. The molecule has 3 aromatic carbocycles. The fourth-order valence-corrected chi connectivity index (χ4v) is 5.45. The van der Waals surface area contributed by atoms with Crippen molar-refractivity contribution in [2.75, 3.05) is 14.2 Å². The number of benzene rings is 3. The maximum atomic E-state index is 11.6. The fourth-order valence-electron chi connectivity index (χ4n) is 4.32. The Labute approximate surface area is 219 Å². The van der Waals surface area contributed by atoms with Gasteiger partial charge in [-0.25, -0.2) is 4.98 Å². The van der Waals surface area contributed by atoms with Crippen LogP contribution in [0.5, 0.6) is 11.5 Å². The Morgan fingerprint density at radius 2 is 1.51 bits per heavy atom. The second-order valence-electron chi connectivity index (χ2n) is 8.55. The summed E-state index contributed by atoms with van der Waals surface area (Å²) >= 11 is 1.58. The molecular formula is C30H26N2O4S. The number of carboxylic acids is 1. The van der Waals surface area contributed by atoms with Gasteiger partial charge >= 0.3 is 5.97 Å². The monoisotopic (exact) mass is 510 g/mol. The Kier molecular flexibility index (Phi) is 7.05. The Bertz CT molecular complexity index is 1440. The van der Waals surface area contributed by atoms with Crippen molar-refractivity contribution in [1.29, 1.82) is 0 Å². The van der Waals surface area contributed by atoms with Gasteiger partial charge in [0, 0.05) is 11.8 Å². The van der Waals surface area contributed by atoms with Gasteiger partial charge < -0.3 is 19.6 Å². The molecule has 0 bridgehead atoms. The summed E-state index contributed by atoms with van der Waals surface area (Å²) in [5.74, 6) is 0.696. The minimum Gasteiger partial charge on any atom is -0.497 e. The lowest BCUT2D eigenvalue weighted by Crippen LogP contribution is -2.02. The van der Waals surface area contributed by atoms with E-state index in [9.17, 15) is 9.90 Å². The molecule has 0 unspecified atom stereocenters. The Morgan fingerprint density at radius 1 is 0.892 bits per heavy atom. The van der Waals surface area contributed by atoms with Crippen molar-refractivity contribution in [2.24, 2.45) is 0 Å². The number of hydrogen-bond donors (Lipinski definition) is 2. The third-order valence-electron chi connectivity index (χ3n) is 6.20. The molecule has 0 saturated carbocycles. The van der Waals surface area contributed by atoms with Crippen molar-refractivity contribution in [3.8, 4) is 43.9 Å². The first-order valence-corrected chi connectivity index (χ1v) is 12.6. The van der Waals surface area contributed by atoms with Crippen LogP contribution < -0.4 is 9.47 Å². The van der Waals surface area contributed by atoms with E-state index in [0.29, 0.717) is 6.42 Å². The van der Waals surface area contributed by atoms with Gasteiger partial charge in [0.15, 0.2) is 0 Å². The van der Waals surface area contributed by atoms with Crippen molar-refractivity contribution in [3.05, 3.63) is 102 Å². The van der Waals surface area contributed by atoms with Crippen LogP contribution in [-0.4, -0.2) is 35.3 Å². The first-order chi connectivity index (χ1) is 18.1. The zero-order chi connectivity index (χ0) is 25.8. The van der Waals surface area contributed by atoms with Crippen LogP contribution in [0.2, 0.25) is 0 Å². The molecule has 0 aliphatic carbocycles. The average molecular weight is 511 g/mol. The highest BCUT2D eigenvalue weighted by Crippen LogP contribution is 2.42. The smallest absolute Gasteiger partial charge is 0.307 e. The highest BCUT2D eigenvalue weighted by molar-refractivity contribution is 7.19. The van der Waals surface area contributed by atoms with Gasteiger partial charge in [0.25, 0.3) is 0 Å². The minimum absolute atomic E-state index is 0.0548. The number of nitrogens with zero attached hydrogens (tertiary/aromatic N) is 1. The normalized spacial score (nSPS) is 10.9. The van der Waals surface area contributed by atoms with E-state index in [2.05, 4.69) is 17.1 Å². The van der Waals surface area contributed by atoms with Crippen LogP contribution in [0.25, 0.3) is 32.4 Å². The Balaban J connectivity index is 1.65. The number of rotatable bonds is 9. The number of carboxylic acid groups (broad SMARTS) is 1. The molecule has 37 heavy (non-hydrogen) atoms. The van der Waals surface area contributed by atoms with Crippen LogP contribution in [0.1, 0.15) is 16.7 Å². The van der Waals surface area contributed by atoms with E-state index in [1.165, 1.54) is 0 Å². The predicted molar refractivity (Wildman–Crippen MR) is 146 cm³/mol. The number of hydrogen-bond acceptors (Lipinski definition) is 5. The van der Waals surface area contributed by atoms with E-state index in [-0.39, 0.29) is 6.42 Å². The number of aliphatic carboxylic acids is 1. The summed E-state index contributed by atoms with van der Waals surface area (Å²) in [4.78, 5) is 21.0. The van der Waals surface area contributed by atoms with Gasteiger partial charge in [0.05, 0.1) is 36.9 Å². The van der Waals surface area contributed by atoms with Gasteiger partial charge in [0.2, 0.25) is 0 Å². The first-order valence-electron chi connectivity index (χ1n) is 11.8. The van der Waals surface area contributed by atoms with Crippen LogP contribution in [-0.2, 0) is 17.6 Å². The lowest BCUT2D eigenvalue weighted by atomic mass is 10.00. The number of aromatic amines is 1. The zero-order valence-corrected chi connectivity index (χ0v) is 21.3. The van der Waals surface area contributed by atoms with E-state index in [1.54, 1.807) is 31.8 Å². The first kappa shape index (κ1) is 24.3. The number of ether oxygens (including phenoxy) is 2. The number of carbonyl (C=O) groups is 1. The molecule has 7 heteroatoms. The molecule has 6 nitrogen and oxygen atoms in total. The molecule has 0 atom stereocenters. The second-order valence-corrected chi connectivity index (χ2v) is 9.55. The molecule has 186 valence electrons. The number of thiazole rings is 1. The lowest BCUT2D eigenvalue weighted by Gasteiger charge is -2.06. The summed E-state index contributed by atoms with van der Waals surface area (Å²) in [6, 6.07) is 25.8. The van der Waals surface area contributed by atoms with Gasteiger partial charge in [-0.1, -0.05) is 30.3 Å². The van der Waals surface area contributed by atoms with Crippen LogP contribution in [0, 0.1) is 0 Å². The molecule has 0 aliphatic heterocycles. The standard InChI is InChI=1S/C30H26N2O4S/c1-35-23-12-8-20(9-13-23)27-29(21-10-14-24(36-2)15-11-21)37-30(32-27)28-25(16-19-6-4-3-5-7-19)22(18-31-28)17-26(33)34/h3-15,18,31H,16-17H2,1-2H3,(H,33,34). The third-order valence-corrected chi connectivity index (χ3v) is 7.32. The van der Waals surface area contributed by atoms with Crippen molar-refractivity contribution < 1.29 is 19.4 Å². The van der Waals surface area contributed by atoms with Crippen molar-refractivity contribution in [2.45, 2.75) is 12.8 Å². The summed E-state index contributed by atoms with van der Waals surface area (Å²) in [5.41, 5.74) is 6.52. The summed E-state index contributed by atoms with van der Waals surface area (Å²) in [6.45, 7) is 0. The van der Waals surface area contributed by atoms with Crippen LogP contribution in [0.4, 0.5) is 0 Å². The van der Waals surface area contributed by atoms with Crippen molar-refractivity contribution in [3.63, 3.8) is 0 Å². The summed E-state index contributed by atoms with van der Waals surface area (Å²) in [7, 11) is 3.30. The topological polar surface area (TPSA) is 84.4 Å². The van der Waals surface area contributed by atoms with E-state index in [4.69, 9.17) is 14.5 Å². The number of aromatic nitrogens is 2. The molecule has 0 amide bonds. The van der Waals surface area contributed by atoms with Gasteiger partial charge in [-0.15, -0.1) is 11.3 Å². The summed E-state index contributed by atoms with van der Waals surface area (Å²) in [6.07, 6.45) is 2.35. The molecule has 0 fully saturated rings. The Morgan fingerprint density at radius 3 is 2.11 bits per heavy atom. The molecule has 2 N–H and O–H groups in total. The fraction of sp³-hybridized carbons (Fsp3) is 0.133. The summed E-state index contributed by atoms with van der Waals surface area (Å²) < 4.78 is 10.7. The molecular weight excluding hydrogens is 484 g/mol. The van der Waals surface area contributed by atoms with Gasteiger partial charge in [-0.3, -0.25) is 4.79 Å². The predicted octanol–water partition coefficient (Wildman–Crippen LogP) is 6.71. The van der Waals surface area contributed by atoms with E-state index in [0.717, 1.165) is 60.6 Å². The molecule has 0 spiro atoms. The molecule has 0 saturated heterocycles. The maximum Gasteiger partial charge on any atom is 0.307 e. The van der Waals surface area contributed by atoms with E-state index in [1.807, 2.05) is 66.7 Å². The quantitative estimate of drug-likeness (QED) is 0.230. The number of nitrogens with one attached hydrogen (secondary N) is 1. The van der Waals surface area contributed by atoms with Crippen molar-refractivity contribution in [1.82, 2.24) is 9.97 Å². The molecule has 0 aliphatic rings.